The fourth-order valence-electron chi connectivity index (χ4n) is 2.22. The highest BCUT2D eigenvalue weighted by Gasteiger charge is 2.20. The molecular weight excluding hydrogens is 315 g/mol. The number of ketones is 1. The first-order chi connectivity index (χ1) is 11.1. The van der Waals surface area contributed by atoms with E-state index in [1.807, 2.05) is 12.1 Å². The molecule has 0 radical (unpaired) electrons. The fraction of sp³-hybridized carbons (Fsp3) is 0.118. The van der Waals surface area contributed by atoms with Crippen molar-refractivity contribution in [3.05, 3.63) is 53.4 Å². The number of hydrogen-bond acceptors (Lipinski definition) is 5. The van der Waals surface area contributed by atoms with Gasteiger partial charge in [-0.15, -0.1) is 11.3 Å². The van der Waals surface area contributed by atoms with E-state index in [1.54, 1.807) is 12.4 Å². The van der Waals surface area contributed by atoms with Crippen LogP contribution in [-0.2, 0) is 0 Å². The van der Waals surface area contributed by atoms with Gasteiger partial charge < -0.3 is 4.74 Å². The third-order valence-corrected chi connectivity index (χ3v) is 4.50. The molecule has 4 nitrogen and oxygen atoms in total. The highest BCUT2D eigenvalue weighted by atomic mass is 32.1. The second-order valence-electron chi connectivity index (χ2n) is 4.83. The van der Waals surface area contributed by atoms with E-state index >= 15 is 0 Å². The predicted octanol–water partition coefficient (Wildman–Crippen LogP) is 4.22. The van der Waals surface area contributed by atoms with Crippen molar-refractivity contribution < 1.29 is 13.9 Å². The number of aromatic nitrogens is 2. The Morgan fingerprint density at radius 1 is 1.22 bits per heavy atom. The van der Waals surface area contributed by atoms with E-state index in [4.69, 9.17) is 4.74 Å². The van der Waals surface area contributed by atoms with Gasteiger partial charge in [0.25, 0.3) is 0 Å². The maximum atomic E-state index is 13.7. The molecule has 23 heavy (non-hydrogen) atoms. The molecule has 0 amide bonds. The Bertz CT molecular complexity index is 862. The molecule has 3 aromatic rings. The first-order valence-corrected chi connectivity index (χ1v) is 7.68. The minimum absolute atomic E-state index is 0.121. The number of nitrogens with zero attached hydrogens (tertiary/aromatic N) is 2. The van der Waals surface area contributed by atoms with Crippen molar-refractivity contribution in [1.29, 1.82) is 0 Å². The molecule has 0 aliphatic heterocycles. The van der Waals surface area contributed by atoms with Gasteiger partial charge in [0.05, 0.1) is 17.7 Å². The zero-order chi connectivity index (χ0) is 16.4. The minimum Gasteiger partial charge on any atom is -0.496 e. The number of carbonyl (C=O) groups is 1. The van der Waals surface area contributed by atoms with Crippen LogP contribution in [0.3, 0.4) is 0 Å². The van der Waals surface area contributed by atoms with Crippen molar-refractivity contribution in [2.75, 3.05) is 7.11 Å². The van der Waals surface area contributed by atoms with Gasteiger partial charge in [0, 0.05) is 30.4 Å². The first-order valence-electron chi connectivity index (χ1n) is 6.86. The lowest BCUT2D eigenvalue weighted by Crippen LogP contribution is -1.95. The number of benzene rings is 1. The van der Waals surface area contributed by atoms with Crippen LogP contribution < -0.4 is 4.74 Å². The van der Waals surface area contributed by atoms with Crippen LogP contribution in [0, 0.1) is 5.82 Å². The Hall–Kier alpha value is -2.60. The van der Waals surface area contributed by atoms with Crippen LogP contribution in [0.5, 0.6) is 5.75 Å². The molecule has 0 fully saturated rings. The molecule has 0 saturated carbocycles. The van der Waals surface area contributed by atoms with Crippen LogP contribution in [0.25, 0.3) is 21.8 Å². The lowest BCUT2D eigenvalue weighted by atomic mass is 10.1. The first kappa shape index (κ1) is 15.3. The van der Waals surface area contributed by atoms with Gasteiger partial charge in [-0.1, -0.05) is 0 Å². The summed E-state index contributed by atoms with van der Waals surface area (Å²) >= 11 is 1.27. The van der Waals surface area contributed by atoms with Gasteiger partial charge in [0.2, 0.25) is 0 Å². The van der Waals surface area contributed by atoms with Crippen LogP contribution in [0.4, 0.5) is 4.39 Å². The van der Waals surface area contributed by atoms with Crippen molar-refractivity contribution in [1.82, 2.24) is 9.97 Å². The van der Waals surface area contributed by atoms with E-state index in [2.05, 4.69) is 9.97 Å². The normalized spacial score (nSPS) is 10.6. The SMILES string of the molecule is COc1ccc(F)cc1-c1nc(-c2ccncc2)sc1C(C)=O. The topological polar surface area (TPSA) is 52.1 Å². The molecule has 0 unspecified atom stereocenters. The van der Waals surface area contributed by atoms with Gasteiger partial charge in [-0.2, -0.15) is 0 Å². The maximum Gasteiger partial charge on any atom is 0.172 e. The quantitative estimate of drug-likeness (QED) is 0.673. The standard InChI is InChI=1S/C17H13FN2O2S/c1-10(21)16-15(13-9-12(18)3-4-14(13)22-2)20-17(23-16)11-5-7-19-8-6-11/h3-9H,1-2H3. The van der Waals surface area contributed by atoms with E-state index in [0.29, 0.717) is 26.9 Å². The number of ether oxygens (including phenoxy) is 1. The zero-order valence-corrected chi connectivity index (χ0v) is 13.4. The summed E-state index contributed by atoms with van der Waals surface area (Å²) in [6.07, 6.45) is 3.32. The number of pyridine rings is 1. The van der Waals surface area contributed by atoms with E-state index in [1.165, 1.54) is 43.6 Å². The lowest BCUT2D eigenvalue weighted by Gasteiger charge is -2.07. The molecule has 0 aliphatic rings. The van der Waals surface area contributed by atoms with Crippen molar-refractivity contribution in [2.24, 2.45) is 0 Å². The highest BCUT2D eigenvalue weighted by Crippen LogP contribution is 2.38. The molecule has 0 saturated heterocycles. The Morgan fingerprint density at radius 3 is 2.61 bits per heavy atom. The summed E-state index contributed by atoms with van der Waals surface area (Å²) in [5.41, 5.74) is 1.76. The molecule has 1 aromatic carbocycles. The van der Waals surface area contributed by atoms with Crippen LogP contribution >= 0.6 is 11.3 Å². The number of hydrogen-bond donors (Lipinski definition) is 0. The number of Topliss-reactive ketones (excluding diaryl/α,β-unsaturated/α-hetero) is 1. The molecule has 116 valence electrons. The van der Waals surface area contributed by atoms with Gasteiger partial charge in [0.1, 0.15) is 16.6 Å². The molecule has 2 heterocycles. The molecule has 3 rings (SSSR count). The average Bonchev–Trinajstić information content (AvgIpc) is 3.01. The minimum atomic E-state index is -0.409. The molecule has 0 aliphatic carbocycles. The van der Waals surface area contributed by atoms with Gasteiger partial charge in [-0.05, 0) is 30.3 Å². The Balaban J connectivity index is 2.21. The third-order valence-electron chi connectivity index (χ3n) is 3.29. The average molecular weight is 328 g/mol. The molecular formula is C17H13FN2O2S. The van der Waals surface area contributed by atoms with Crippen molar-refractivity contribution in [3.63, 3.8) is 0 Å². The van der Waals surface area contributed by atoms with Crippen LogP contribution in [0.15, 0.2) is 42.7 Å². The molecule has 0 N–H and O–H groups in total. The summed E-state index contributed by atoms with van der Waals surface area (Å²) in [6.45, 7) is 1.47. The maximum absolute atomic E-state index is 13.7. The van der Waals surface area contributed by atoms with Gasteiger partial charge in [-0.3, -0.25) is 9.78 Å². The van der Waals surface area contributed by atoms with Crippen LogP contribution in [-0.4, -0.2) is 22.9 Å². The summed E-state index contributed by atoms with van der Waals surface area (Å²) in [5, 5.41) is 0.680. The van der Waals surface area contributed by atoms with E-state index < -0.39 is 5.82 Å². The summed E-state index contributed by atoms with van der Waals surface area (Å²) in [6, 6.07) is 7.80. The second-order valence-corrected chi connectivity index (χ2v) is 5.83. The van der Waals surface area contributed by atoms with Crippen LogP contribution in [0.1, 0.15) is 16.6 Å². The largest absolute Gasteiger partial charge is 0.496 e. The van der Waals surface area contributed by atoms with E-state index in [0.717, 1.165) is 5.56 Å². The van der Waals surface area contributed by atoms with Crippen molar-refractivity contribution in [3.8, 4) is 27.6 Å². The van der Waals surface area contributed by atoms with Gasteiger partial charge >= 0.3 is 0 Å². The number of rotatable bonds is 4. The lowest BCUT2D eigenvalue weighted by molar-refractivity contribution is 0.102. The van der Waals surface area contributed by atoms with Gasteiger partial charge in [-0.25, -0.2) is 9.37 Å². The summed E-state index contributed by atoms with van der Waals surface area (Å²) < 4.78 is 18.9. The fourth-order valence-corrected chi connectivity index (χ4v) is 3.20. The molecule has 6 heteroatoms. The summed E-state index contributed by atoms with van der Waals surface area (Å²) in [5.74, 6) is -0.0571. The monoisotopic (exact) mass is 328 g/mol. The zero-order valence-electron chi connectivity index (χ0n) is 12.5. The van der Waals surface area contributed by atoms with Crippen LogP contribution in [0.2, 0.25) is 0 Å². The van der Waals surface area contributed by atoms with E-state index in [-0.39, 0.29) is 5.78 Å². The number of thiazole rings is 1. The van der Waals surface area contributed by atoms with Gasteiger partial charge in [0.15, 0.2) is 5.78 Å². The molecule has 0 bridgehead atoms. The number of methoxy groups -OCH3 is 1. The molecule has 0 atom stereocenters. The smallest absolute Gasteiger partial charge is 0.172 e. The van der Waals surface area contributed by atoms with Crippen molar-refractivity contribution >= 4 is 17.1 Å². The Morgan fingerprint density at radius 2 is 1.96 bits per heavy atom. The number of carbonyl (C=O) groups excluding carboxylic acids is 1. The summed E-state index contributed by atoms with van der Waals surface area (Å²) in [7, 11) is 1.50. The van der Waals surface area contributed by atoms with E-state index in [9.17, 15) is 9.18 Å². The third kappa shape index (κ3) is 2.98. The predicted molar refractivity (Wildman–Crippen MR) is 87.3 cm³/mol. The highest BCUT2D eigenvalue weighted by molar-refractivity contribution is 7.17. The summed E-state index contributed by atoms with van der Waals surface area (Å²) in [4.78, 5) is 21.0. The van der Waals surface area contributed by atoms with Crippen molar-refractivity contribution in [2.45, 2.75) is 6.92 Å². The second kappa shape index (κ2) is 6.26. The molecule has 0 spiro atoms. The Kier molecular flexibility index (Phi) is 4.16. The Labute approximate surface area is 136 Å². The number of halogens is 1. The molecule has 2 aromatic heterocycles.